The summed E-state index contributed by atoms with van der Waals surface area (Å²) in [5, 5.41) is 0. The Kier molecular flexibility index (Phi) is 5.63. The topological polar surface area (TPSA) is 66.4 Å². The molecule has 5 heteroatoms. The minimum atomic E-state index is -4.07. The third-order valence-electron chi connectivity index (χ3n) is 2.06. The molecule has 0 aromatic rings. The molecule has 0 aliphatic heterocycles. The molecule has 0 fully saturated rings. The predicted molar refractivity (Wildman–Crippen MR) is 57.5 cm³/mol. The maximum absolute atomic E-state index is 10.6. The molecule has 86 valence electrons. The SMILES string of the molecule is CCCCCCC(C)(C)NS(=O)(=O)O. The lowest BCUT2D eigenvalue weighted by Gasteiger charge is -2.23. The van der Waals surface area contributed by atoms with Crippen molar-refractivity contribution in [2.75, 3.05) is 0 Å². The molecule has 0 aromatic carbocycles. The number of hydrogen-bond donors (Lipinski definition) is 2. The molecule has 0 heterocycles. The zero-order chi connectivity index (χ0) is 11.2. The van der Waals surface area contributed by atoms with Crippen LogP contribution in [0.1, 0.15) is 52.9 Å². The molecular formula is C9H21NO3S. The van der Waals surface area contributed by atoms with E-state index in [1.165, 1.54) is 6.42 Å². The summed E-state index contributed by atoms with van der Waals surface area (Å²) in [6.07, 6.45) is 5.15. The van der Waals surface area contributed by atoms with Gasteiger partial charge in [0.05, 0.1) is 0 Å². The van der Waals surface area contributed by atoms with Gasteiger partial charge in [-0.15, -0.1) is 0 Å². The summed E-state index contributed by atoms with van der Waals surface area (Å²) in [6, 6.07) is 0. The summed E-state index contributed by atoms with van der Waals surface area (Å²) in [4.78, 5) is 0. The van der Waals surface area contributed by atoms with Gasteiger partial charge in [-0.25, -0.2) is 0 Å². The maximum Gasteiger partial charge on any atom is 0.333 e. The van der Waals surface area contributed by atoms with E-state index >= 15 is 0 Å². The van der Waals surface area contributed by atoms with Gasteiger partial charge < -0.3 is 0 Å². The second-order valence-electron chi connectivity index (χ2n) is 4.27. The van der Waals surface area contributed by atoms with Gasteiger partial charge in [-0.05, 0) is 20.3 Å². The third-order valence-corrected chi connectivity index (χ3v) is 2.87. The number of unbranched alkanes of at least 4 members (excludes halogenated alkanes) is 3. The molecule has 0 saturated carbocycles. The average Bonchev–Trinajstić information content (AvgIpc) is 1.93. The van der Waals surface area contributed by atoms with Crippen LogP contribution in [0.3, 0.4) is 0 Å². The second-order valence-corrected chi connectivity index (χ2v) is 5.43. The van der Waals surface area contributed by atoms with Gasteiger partial charge in [0, 0.05) is 5.54 Å². The van der Waals surface area contributed by atoms with Gasteiger partial charge >= 0.3 is 10.3 Å². The average molecular weight is 223 g/mol. The highest BCUT2D eigenvalue weighted by Gasteiger charge is 2.22. The summed E-state index contributed by atoms with van der Waals surface area (Å²) in [6.45, 7) is 5.67. The van der Waals surface area contributed by atoms with Crippen LogP contribution in [0.4, 0.5) is 0 Å². The van der Waals surface area contributed by atoms with Crippen LogP contribution in [-0.2, 0) is 10.3 Å². The normalized spacial score (nSPS) is 13.1. The molecule has 4 nitrogen and oxygen atoms in total. The highest BCUT2D eigenvalue weighted by atomic mass is 32.2. The van der Waals surface area contributed by atoms with Crippen LogP contribution in [0.5, 0.6) is 0 Å². The van der Waals surface area contributed by atoms with E-state index in [0.717, 1.165) is 25.7 Å². The van der Waals surface area contributed by atoms with Gasteiger partial charge in [0.25, 0.3) is 0 Å². The summed E-state index contributed by atoms with van der Waals surface area (Å²) in [5.41, 5.74) is -0.554. The van der Waals surface area contributed by atoms with Gasteiger partial charge in [0.1, 0.15) is 0 Å². The fraction of sp³-hybridized carbons (Fsp3) is 1.00. The molecule has 0 aromatic heterocycles. The largest absolute Gasteiger partial charge is 0.333 e. The van der Waals surface area contributed by atoms with Crippen molar-refractivity contribution < 1.29 is 13.0 Å². The standard InChI is InChI=1S/C9H21NO3S/c1-4-5-6-7-8-9(2,3)10-14(11,12)13/h10H,4-8H2,1-3H3,(H,11,12,13). The van der Waals surface area contributed by atoms with Crippen LogP contribution in [0.2, 0.25) is 0 Å². The first-order chi connectivity index (χ1) is 6.27. The zero-order valence-electron chi connectivity index (χ0n) is 9.21. The van der Waals surface area contributed by atoms with Gasteiger partial charge in [-0.3, -0.25) is 4.55 Å². The third kappa shape index (κ3) is 8.47. The van der Waals surface area contributed by atoms with Crippen LogP contribution in [0.15, 0.2) is 0 Å². The van der Waals surface area contributed by atoms with E-state index in [2.05, 4.69) is 11.6 Å². The fourth-order valence-electron chi connectivity index (χ4n) is 1.39. The van der Waals surface area contributed by atoms with E-state index in [0.29, 0.717) is 0 Å². The van der Waals surface area contributed by atoms with Crippen molar-refractivity contribution in [2.24, 2.45) is 0 Å². The molecule has 0 radical (unpaired) electrons. The van der Waals surface area contributed by atoms with E-state index in [1.807, 2.05) is 0 Å². The molecule has 0 saturated heterocycles. The summed E-state index contributed by atoms with van der Waals surface area (Å²) in [7, 11) is -4.07. The van der Waals surface area contributed by atoms with E-state index < -0.39 is 15.8 Å². The molecule has 0 aliphatic carbocycles. The Morgan fingerprint density at radius 1 is 1.21 bits per heavy atom. The Bertz CT molecular complexity index is 247. The molecule has 0 bridgehead atoms. The lowest BCUT2D eigenvalue weighted by Crippen LogP contribution is -2.42. The lowest BCUT2D eigenvalue weighted by atomic mass is 9.98. The molecule has 14 heavy (non-hydrogen) atoms. The van der Waals surface area contributed by atoms with Crippen molar-refractivity contribution in [3.05, 3.63) is 0 Å². The summed E-state index contributed by atoms with van der Waals surface area (Å²) >= 11 is 0. The van der Waals surface area contributed by atoms with Crippen LogP contribution in [0, 0.1) is 0 Å². The fourth-order valence-corrected chi connectivity index (χ4v) is 2.19. The maximum atomic E-state index is 10.6. The predicted octanol–water partition coefficient (Wildman–Crippen LogP) is 2.13. The van der Waals surface area contributed by atoms with E-state index in [4.69, 9.17) is 4.55 Å². The Morgan fingerprint density at radius 2 is 1.79 bits per heavy atom. The Labute approximate surface area is 87.0 Å². The molecular weight excluding hydrogens is 202 g/mol. The number of hydrogen-bond acceptors (Lipinski definition) is 2. The minimum Gasteiger partial charge on any atom is -0.273 e. The van der Waals surface area contributed by atoms with E-state index in [1.54, 1.807) is 13.8 Å². The number of rotatable bonds is 7. The van der Waals surface area contributed by atoms with Crippen LogP contribution < -0.4 is 4.72 Å². The first-order valence-corrected chi connectivity index (χ1v) is 6.47. The Hall–Kier alpha value is -0.130. The van der Waals surface area contributed by atoms with E-state index in [-0.39, 0.29) is 0 Å². The van der Waals surface area contributed by atoms with Crippen molar-refractivity contribution in [3.8, 4) is 0 Å². The molecule has 0 unspecified atom stereocenters. The smallest absolute Gasteiger partial charge is 0.273 e. The molecule has 0 aliphatic rings. The monoisotopic (exact) mass is 223 g/mol. The van der Waals surface area contributed by atoms with Crippen LogP contribution in [0.25, 0.3) is 0 Å². The summed E-state index contributed by atoms with van der Waals surface area (Å²) < 4.78 is 32.0. The Morgan fingerprint density at radius 3 is 2.21 bits per heavy atom. The van der Waals surface area contributed by atoms with E-state index in [9.17, 15) is 8.42 Å². The number of nitrogens with one attached hydrogen (secondary N) is 1. The van der Waals surface area contributed by atoms with Gasteiger partial charge in [-0.1, -0.05) is 32.6 Å². The summed E-state index contributed by atoms with van der Waals surface area (Å²) in [5.74, 6) is 0. The Balaban J connectivity index is 3.84. The molecule has 0 rings (SSSR count). The highest BCUT2D eigenvalue weighted by molar-refractivity contribution is 7.83. The molecule has 2 N–H and O–H groups in total. The van der Waals surface area contributed by atoms with Crippen LogP contribution >= 0.6 is 0 Å². The van der Waals surface area contributed by atoms with Crippen molar-refractivity contribution in [1.82, 2.24) is 4.72 Å². The quantitative estimate of drug-likeness (QED) is 0.513. The van der Waals surface area contributed by atoms with Crippen molar-refractivity contribution >= 4 is 10.3 Å². The van der Waals surface area contributed by atoms with Crippen molar-refractivity contribution in [3.63, 3.8) is 0 Å². The van der Waals surface area contributed by atoms with Gasteiger partial charge in [0.2, 0.25) is 0 Å². The first-order valence-electron chi connectivity index (χ1n) is 5.03. The molecule has 0 atom stereocenters. The molecule has 0 amide bonds. The van der Waals surface area contributed by atoms with Crippen LogP contribution in [-0.4, -0.2) is 18.5 Å². The zero-order valence-corrected chi connectivity index (χ0v) is 10.0. The second kappa shape index (κ2) is 5.68. The van der Waals surface area contributed by atoms with Crippen molar-refractivity contribution in [1.29, 1.82) is 0 Å². The van der Waals surface area contributed by atoms with Gasteiger partial charge in [-0.2, -0.15) is 13.1 Å². The van der Waals surface area contributed by atoms with Gasteiger partial charge in [0.15, 0.2) is 0 Å². The first kappa shape index (κ1) is 13.9. The highest BCUT2D eigenvalue weighted by Crippen LogP contribution is 2.15. The van der Waals surface area contributed by atoms with Crippen molar-refractivity contribution in [2.45, 2.75) is 58.4 Å². The molecule has 0 spiro atoms. The minimum absolute atomic E-state index is 0.554. The lowest BCUT2D eigenvalue weighted by molar-refractivity contribution is 0.374.